The van der Waals surface area contributed by atoms with E-state index in [-0.39, 0.29) is 5.75 Å². The second-order valence-electron chi connectivity index (χ2n) is 2.58. The molecule has 0 saturated carbocycles. The van der Waals surface area contributed by atoms with Crippen molar-refractivity contribution in [1.29, 1.82) is 0 Å². The van der Waals surface area contributed by atoms with Gasteiger partial charge in [-0.25, -0.2) is 4.79 Å². The van der Waals surface area contributed by atoms with Gasteiger partial charge < -0.3 is 9.15 Å². The van der Waals surface area contributed by atoms with Gasteiger partial charge in [0.1, 0.15) is 12.7 Å². The van der Waals surface area contributed by atoms with Crippen molar-refractivity contribution < 1.29 is 9.15 Å². The summed E-state index contributed by atoms with van der Waals surface area (Å²) in [7, 11) is 3.16. The summed E-state index contributed by atoms with van der Waals surface area (Å²) in [6, 6.07) is 8.82. The maximum Gasteiger partial charge on any atom is 0.379 e. The first-order valence-electron chi connectivity index (χ1n) is 3.76. The zero-order valence-corrected chi connectivity index (χ0v) is 6.82. The Hall–Kier alpha value is -1.77. The van der Waals surface area contributed by atoms with Gasteiger partial charge in [0, 0.05) is 5.39 Å². The molecule has 0 aliphatic rings. The summed E-state index contributed by atoms with van der Waals surface area (Å²) >= 11 is 0. The molecule has 3 heteroatoms. The quantitative estimate of drug-likeness (QED) is 0.622. The van der Waals surface area contributed by atoms with E-state index in [2.05, 4.69) is 11.8 Å². The standard InChI is InChI=1S/C10H7O3/c1-12-9-6-7-4-2-3-5-8(7)13-10(9)11/h2-6H,1H2. The largest absolute Gasteiger partial charge is 0.483 e. The summed E-state index contributed by atoms with van der Waals surface area (Å²) < 4.78 is 9.56. The van der Waals surface area contributed by atoms with Crippen LogP contribution < -0.4 is 10.4 Å². The van der Waals surface area contributed by atoms with Gasteiger partial charge in [-0.05, 0) is 12.1 Å². The third-order valence-electron chi connectivity index (χ3n) is 1.76. The summed E-state index contributed by atoms with van der Waals surface area (Å²) in [4.78, 5) is 11.1. The molecule has 13 heavy (non-hydrogen) atoms. The first-order valence-corrected chi connectivity index (χ1v) is 3.76. The van der Waals surface area contributed by atoms with Crippen molar-refractivity contribution in [3.63, 3.8) is 0 Å². The van der Waals surface area contributed by atoms with Gasteiger partial charge in [-0.3, -0.25) is 0 Å². The van der Waals surface area contributed by atoms with E-state index < -0.39 is 5.63 Å². The fourth-order valence-electron chi connectivity index (χ4n) is 1.14. The van der Waals surface area contributed by atoms with Gasteiger partial charge >= 0.3 is 5.63 Å². The molecule has 3 nitrogen and oxygen atoms in total. The molecular formula is C10H7O3. The van der Waals surface area contributed by atoms with Gasteiger partial charge in [0.05, 0.1) is 0 Å². The fraction of sp³-hybridized carbons (Fsp3) is 0. The molecule has 1 heterocycles. The van der Waals surface area contributed by atoms with Crippen LogP contribution in [0.4, 0.5) is 0 Å². The highest BCUT2D eigenvalue weighted by Gasteiger charge is 2.03. The summed E-state index contributed by atoms with van der Waals surface area (Å²) in [5.74, 6) is 0.124. The van der Waals surface area contributed by atoms with E-state index in [1.807, 2.05) is 12.1 Å². The van der Waals surface area contributed by atoms with E-state index in [1.165, 1.54) is 0 Å². The number of hydrogen-bond donors (Lipinski definition) is 0. The number of hydrogen-bond acceptors (Lipinski definition) is 3. The third-order valence-corrected chi connectivity index (χ3v) is 1.76. The molecule has 1 radical (unpaired) electrons. The normalized spacial score (nSPS) is 10.2. The lowest BCUT2D eigenvalue weighted by Crippen LogP contribution is -2.01. The minimum atomic E-state index is -0.506. The highest BCUT2D eigenvalue weighted by atomic mass is 16.5. The second kappa shape index (κ2) is 2.94. The smallest absolute Gasteiger partial charge is 0.379 e. The van der Waals surface area contributed by atoms with Crippen LogP contribution in [0, 0.1) is 7.11 Å². The number of ether oxygens (including phenoxy) is 1. The topological polar surface area (TPSA) is 39.4 Å². The van der Waals surface area contributed by atoms with Crippen molar-refractivity contribution in [3.8, 4) is 5.75 Å². The van der Waals surface area contributed by atoms with Gasteiger partial charge in [-0.1, -0.05) is 18.2 Å². The maximum absolute atomic E-state index is 11.1. The minimum Gasteiger partial charge on any atom is -0.483 e. The molecule has 1 aromatic carbocycles. The Labute approximate surface area is 74.6 Å². The van der Waals surface area contributed by atoms with Gasteiger partial charge in [0.25, 0.3) is 0 Å². The van der Waals surface area contributed by atoms with Crippen LogP contribution in [0.15, 0.2) is 39.5 Å². The van der Waals surface area contributed by atoms with Crippen molar-refractivity contribution in [2.45, 2.75) is 0 Å². The number of fused-ring (bicyclic) bond motifs is 1. The molecule has 65 valence electrons. The average molecular weight is 175 g/mol. The van der Waals surface area contributed by atoms with Crippen LogP contribution in [0.3, 0.4) is 0 Å². The van der Waals surface area contributed by atoms with Crippen molar-refractivity contribution in [3.05, 3.63) is 47.9 Å². The molecule has 0 aliphatic heterocycles. The molecule has 1 aromatic heterocycles. The Morgan fingerprint density at radius 1 is 1.31 bits per heavy atom. The lowest BCUT2D eigenvalue weighted by atomic mass is 10.2. The molecule has 2 aromatic rings. The average Bonchev–Trinajstić information content (AvgIpc) is 2.17. The summed E-state index contributed by atoms with van der Waals surface area (Å²) in [6.07, 6.45) is 0. The third kappa shape index (κ3) is 1.28. The van der Waals surface area contributed by atoms with E-state index in [0.717, 1.165) is 5.39 Å². The highest BCUT2D eigenvalue weighted by Crippen LogP contribution is 2.15. The molecule has 0 atom stereocenters. The Morgan fingerprint density at radius 2 is 2.08 bits per heavy atom. The van der Waals surface area contributed by atoms with Gasteiger partial charge in [0.2, 0.25) is 5.75 Å². The lowest BCUT2D eigenvalue weighted by Gasteiger charge is -1.98. The first-order chi connectivity index (χ1) is 6.31. The van der Waals surface area contributed by atoms with Crippen LogP contribution in [0.5, 0.6) is 5.75 Å². The Kier molecular flexibility index (Phi) is 1.77. The molecule has 0 saturated heterocycles. The van der Waals surface area contributed by atoms with E-state index in [0.29, 0.717) is 5.58 Å². The van der Waals surface area contributed by atoms with Crippen LogP contribution in [0.2, 0.25) is 0 Å². The van der Waals surface area contributed by atoms with Gasteiger partial charge in [-0.15, -0.1) is 0 Å². The molecule has 0 spiro atoms. The molecular weight excluding hydrogens is 168 g/mol. The fourth-order valence-corrected chi connectivity index (χ4v) is 1.14. The Balaban J connectivity index is 2.81. The summed E-state index contributed by atoms with van der Waals surface area (Å²) in [5.41, 5.74) is 0.0435. The van der Waals surface area contributed by atoms with Crippen molar-refractivity contribution in [2.24, 2.45) is 0 Å². The van der Waals surface area contributed by atoms with E-state index >= 15 is 0 Å². The zero-order chi connectivity index (χ0) is 9.26. The number of rotatable bonds is 1. The van der Waals surface area contributed by atoms with Crippen LogP contribution >= 0.6 is 0 Å². The molecule has 0 N–H and O–H groups in total. The molecule has 0 bridgehead atoms. The highest BCUT2D eigenvalue weighted by molar-refractivity contribution is 5.77. The van der Waals surface area contributed by atoms with Crippen LogP contribution in [-0.2, 0) is 0 Å². The Morgan fingerprint density at radius 3 is 2.85 bits per heavy atom. The SMILES string of the molecule is [CH2]Oc1cc2ccccc2oc1=O. The number of benzene rings is 1. The predicted octanol–water partition coefficient (Wildman–Crippen LogP) is 1.96. The predicted molar refractivity (Wildman–Crippen MR) is 48.5 cm³/mol. The van der Waals surface area contributed by atoms with Crippen LogP contribution in [-0.4, -0.2) is 0 Å². The van der Waals surface area contributed by atoms with Crippen molar-refractivity contribution in [1.82, 2.24) is 0 Å². The maximum atomic E-state index is 11.1. The molecule has 0 fully saturated rings. The first kappa shape index (κ1) is 7.86. The second-order valence-corrected chi connectivity index (χ2v) is 2.58. The van der Waals surface area contributed by atoms with Crippen LogP contribution in [0.25, 0.3) is 11.0 Å². The summed E-state index contributed by atoms with van der Waals surface area (Å²) in [5, 5.41) is 0.820. The van der Waals surface area contributed by atoms with E-state index in [4.69, 9.17) is 4.42 Å². The zero-order valence-electron chi connectivity index (χ0n) is 6.82. The van der Waals surface area contributed by atoms with E-state index in [9.17, 15) is 4.79 Å². The van der Waals surface area contributed by atoms with Crippen molar-refractivity contribution in [2.75, 3.05) is 0 Å². The van der Waals surface area contributed by atoms with Gasteiger partial charge in [-0.2, -0.15) is 0 Å². The van der Waals surface area contributed by atoms with E-state index in [1.54, 1.807) is 18.2 Å². The van der Waals surface area contributed by atoms with Crippen molar-refractivity contribution >= 4 is 11.0 Å². The lowest BCUT2D eigenvalue weighted by molar-refractivity contribution is 0.430. The summed E-state index contributed by atoms with van der Waals surface area (Å²) in [6.45, 7) is 0. The number of para-hydroxylation sites is 1. The minimum absolute atomic E-state index is 0.124. The molecule has 0 aliphatic carbocycles. The molecule has 0 amide bonds. The molecule has 2 rings (SSSR count). The monoisotopic (exact) mass is 175 g/mol. The van der Waals surface area contributed by atoms with Crippen LogP contribution in [0.1, 0.15) is 0 Å². The Bertz CT molecular complexity index is 485. The molecule has 0 unspecified atom stereocenters. The van der Waals surface area contributed by atoms with Gasteiger partial charge in [0.15, 0.2) is 0 Å².